The molecule has 0 spiro atoms. The average molecular weight is 382 g/mol. The second kappa shape index (κ2) is 10.4. The summed E-state index contributed by atoms with van der Waals surface area (Å²) in [7, 11) is 0. The number of rotatable bonds is 7. The van der Waals surface area contributed by atoms with Gasteiger partial charge < -0.3 is 10.5 Å². The minimum atomic E-state index is -0.195. The van der Waals surface area contributed by atoms with E-state index in [9.17, 15) is 4.79 Å². The molecule has 0 saturated carbocycles. The third kappa shape index (κ3) is 6.35. The maximum absolute atomic E-state index is 11.7. The van der Waals surface area contributed by atoms with Gasteiger partial charge in [-0.2, -0.15) is 0 Å². The fourth-order valence-electron chi connectivity index (χ4n) is 2.76. The van der Waals surface area contributed by atoms with Gasteiger partial charge in [0.25, 0.3) is 0 Å². The topological polar surface area (TPSA) is 52.3 Å². The zero-order valence-electron chi connectivity index (χ0n) is 14.6. The van der Waals surface area contributed by atoms with Crippen molar-refractivity contribution >= 4 is 30.0 Å². The highest BCUT2D eigenvalue weighted by molar-refractivity contribution is 6.33. The Kier molecular flexibility index (Phi) is 8.98. The fourth-order valence-corrected chi connectivity index (χ4v) is 3.07. The molecule has 2 aromatic carbocycles. The van der Waals surface area contributed by atoms with Crippen LogP contribution in [0.5, 0.6) is 0 Å². The van der Waals surface area contributed by atoms with Crippen LogP contribution in [0.25, 0.3) is 11.1 Å². The van der Waals surface area contributed by atoms with Crippen LogP contribution < -0.4 is 5.73 Å². The monoisotopic (exact) mass is 381 g/mol. The zero-order chi connectivity index (χ0) is 17.5. The van der Waals surface area contributed by atoms with Crippen LogP contribution in [-0.2, 0) is 16.0 Å². The molecule has 0 fully saturated rings. The number of ether oxygens (including phenoxy) is 1. The van der Waals surface area contributed by atoms with E-state index in [0.29, 0.717) is 24.5 Å². The first kappa shape index (κ1) is 21.5. The number of benzene rings is 2. The summed E-state index contributed by atoms with van der Waals surface area (Å²) < 4.78 is 5.02. The first-order valence-corrected chi connectivity index (χ1v) is 8.65. The molecule has 0 aliphatic heterocycles. The Morgan fingerprint density at radius 3 is 2.48 bits per heavy atom. The third-order valence-corrected chi connectivity index (χ3v) is 4.27. The van der Waals surface area contributed by atoms with Gasteiger partial charge in [0.15, 0.2) is 0 Å². The quantitative estimate of drug-likeness (QED) is 0.694. The molecule has 0 bridgehead atoms. The van der Waals surface area contributed by atoms with Crippen LogP contribution in [0.3, 0.4) is 0 Å². The molecule has 0 radical (unpaired) electrons. The summed E-state index contributed by atoms with van der Waals surface area (Å²) in [6, 6.07) is 16.0. The van der Waals surface area contributed by atoms with Gasteiger partial charge in [-0.05, 0) is 37.0 Å². The minimum Gasteiger partial charge on any atom is -0.466 e. The average Bonchev–Trinajstić information content (AvgIpc) is 2.55. The van der Waals surface area contributed by atoms with Gasteiger partial charge in [0.1, 0.15) is 0 Å². The minimum absolute atomic E-state index is 0. The second-order valence-electron chi connectivity index (χ2n) is 6.03. The van der Waals surface area contributed by atoms with Crippen molar-refractivity contribution in [2.45, 2.75) is 32.7 Å². The number of carbonyl (C=O) groups is 1. The Balaban J connectivity index is 0.00000312. The molecule has 2 aromatic rings. The number of carbonyl (C=O) groups excluding carboxylic acids is 1. The largest absolute Gasteiger partial charge is 0.466 e. The molecule has 0 saturated heterocycles. The van der Waals surface area contributed by atoms with E-state index in [1.54, 1.807) is 6.92 Å². The second-order valence-corrected chi connectivity index (χ2v) is 6.44. The van der Waals surface area contributed by atoms with Crippen molar-refractivity contribution in [3.05, 3.63) is 59.1 Å². The predicted octanol–water partition coefficient (Wildman–Crippen LogP) is 4.89. The predicted molar refractivity (Wildman–Crippen MR) is 106 cm³/mol. The van der Waals surface area contributed by atoms with E-state index < -0.39 is 0 Å². The number of halogens is 2. The third-order valence-electron chi connectivity index (χ3n) is 3.96. The smallest absolute Gasteiger partial charge is 0.308 e. The Hall–Kier alpha value is -1.55. The van der Waals surface area contributed by atoms with Crippen molar-refractivity contribution in [3.63, 3.8) is 0 Å². The van der Waals surface area contributed by atoms with Crippen molar-refractivity contribution in [1.29, 1.82) is 0 Å². The molecule has 2 rings (SSSR count). The van der Waals surface area contributed by atoms with Crippen molar-refractivity contribution in [2.75, 3.05) is 6.61 Å². The lowest BCUT2D eigenvalue weighted by Gasteiger charge is -2.17. The van der Waals surface area contributed by atoms with Gasteiger partial charge >= 0.3 is 5.97 Å². The van der Waals surface area contributed by atoms with Crippen LogP contribution in [0.2, 0.25) is 5.02 Å². The van der Waals surface area contributed by atoms with Gasteiger partial charge in [-0.15, -0.1) is 12.4 Å². The lowest BCUT2D eigenvalue weighted by molar-refractivity contribution is -0.147. The Morgan fingerprint density at radius 2 is 1.88 bits per heavy atom. The van der Waals surface area contributed by atoms with E-state index in [0.717, 1.165) is 16.7 Å². The standard InChI is InChI=1S/C20H24ClNO2.ClH/c1-3-24-20(23)14(2)11-17(22)12-15-9-10-18(19(21)13-15)16-7-5-4-6-8-16;/h4-10,13-14,17H,3,11-12,22H2,1-2H3;1H/t14-,17-;/m0./s1. The van der Waals surface area contributed by atoms with Gasteiger partial charge in [-0.3, -0.25) is 4.79 Å². The summed E-state index contributed by atoms with van der Waals surface area (Å²) in [6.45, 7) is 4.05. The van der Waals surface area contributed by atoms with Crippen LogP contribution in [0.4, 0.5) is 0 Å². The molecule has 0 amide bonds. The summed E-state index contributed by atoms with van der Waals surface area (Å²) in [5.41, 5.74) is 9.36. The summed E-state index contributed by atoms with van der Waals surface area (Å²) in [4.78, 5) is 11.7. The SMILES string of the molecule is CCOC(=O)[C@@H](C)C[C@H](N)Cc1ccc(-c2ccccc2)c(Cl)c1.Cl. The summed E-state index contributed by atoms with van der Waals surface area (Å²) >= 11 is 6.43. The molecule has 0 heterocycles. The molecule has 0 aromatic heterocycles. The maximum atomic E-state index is 11.7. The summed E-state index contributed by atoms with van der Waals surface area (Å²) in [5.74, 6) is -0.385. The van der Waals surface area contributed by atoms with Crippen molar-refractivity contribution in [1.82, 2.24) is 0 Å². The molecule has 3 nitrogen and oxygen atoms in total. The molecule has 0 aliphatic rings. The van der Waals surface area contributed by atoms with E-state index in [-0.39, 0.29) is 30.3 Å². The molecular formula is C20H25Cl2NO2. The van der Waals surface area contributed by atoms with Crippen molar-refractivity contribution < 1.29 is 9.53 Å². The highest BCUT2D eigenvalue weighted by atomic mass is 35.5. The number of hydrogen-bond donors (Lipinski definition) is 1. The highest BCUT2D eigenvalue weighted by Gasteiger charge is 2.18. The molecule has 2 atom stereocenters. The first-order valence-electron chi connectivity index (χ1n) is 8.27. The lowest BCUT2D eigenvalue weighted by Crippen LogP contribution is -2.29. The Bertz CT molecular complexity index is 677. The first-order chi connectivity index (χ1) is 11.5. The molecule has 2 N–H and O–H groups in total. The van der Waals surface area contributed by atoms with Crippen LogP contribution in [-0.4, -0.2) is 18.6 Å². The van der Waals surface area contributed by atoms with E-state index in [2.05, 4.69) is 0 Å². The highest BCUT2D eigenvalue weighted by Crippen LogP contribution is 2.29. The lowest BCUT2D eigenvalue weighted by atomic mass is 9.95. The molecule has 5 heteroatoms. The number of hydrogen-bond acceptors (Lipinski definition) is 3. The van der Waals surface area contributed by atoms with Crippen molar-refractivity contribution in [3.8, 4) is 11.1 Å². The summed E-state index contributed by atoms with van der Waals surface area (Å²) in [5, 5.41) is 0.712. The van der Waals surface area contributed by atoms with Gasteiger partial charge in [0.05, 0.1) is 12.5 Å². The summed E-state index contributed by atoms with van der Waals surface area (Å²) in [6.07, 6.45) is 1.27. The van der Waals surface area contributed by atoms with Crippen LogP contribution in [0.15, 0.2) is 48.5 Å². The van der Waals surface area contributed by atoms with Crippen LogP contribution in [0.1, 0.15) is 25.8 Å². The van der Waals surface area contributed by atoms with Gasteiger partial charge in [0.2, 0.25) is 0 Å². The van der Waals surface area contributed by atoms with Crippen LogP contribution >= 0.6 is 24.0 Å². The molecule has 0 aliphatic carbocycles. The molecular weight excluding hydrogens is 357 g/mol. The zero-order valence-corrected chi connectivity index (χ0v) is 16.1. The molecule has 136 valence electrons. The normalized spacial score (nSPS) is 12.8. The van der Waals surface area contributed by atoms with Gasteiger partial charge in [0, 0.05) is 16.6 Å². The van der Waals surface area contributed by atoms with Gasteiger partial charge in [-0.1, -0.05) is 61.0 Å². The number of esters is 1. The van der Waals surface area contributed by atoms with E-state index in [4.69, 9.17) is 22.1 Å². The molecule has 0 unspecified atom stereocenters. The molecule has 25 heavy (non-hydrogen) atoms. The Labute approximate surface area is 160 Å². The van der Waals surface area contributed by atoms with Crippen LogP contribution in [0, 0.1) is 5.92 Å². The fraction of sp³-hybridized carbons (Fsp3) is 0.350. The Morgan fingerprint density at radius 1 is 1.20 bits per heavy atom. The van der Waals surface area contributed by atoms with E-state index >= 15 is 0 Å². The van der Waals surface area contributed by atoms with E-state index in [1.807, 2.05) is 55.5 Å². The van der Waals surface area contributed by atoms with E-state index in [1.165, 1.54) is 0 Å². The maximum Gasteiger partial charge on any atom is 0.308 e. The number of nitrogens with two attached hydrogens (primary N) is 1. The van der Waals surface area contributed by atoms with Crippen molar-refractivity contribution in [2.24, 2.45) is 11.7 Å². The van der Waals surface area contributed by atoms with Gasteiger partial charge in [-0.25, -0.2) is 0 Å².